The van der Waals surface area contributed by atoms with Crippen LogP contribution in [0.4, 0.5) is 0 Å². The molecule has 2 aliphatic heterocycles. The number of amides is 1. The number of hydrogen-bond acceptors (Lipinski definition) is 4. The Morgan fingerprint density at radius 3 is 2.55 bits per heavy atom. The number of rotatable bonds is 8. The molecule has 2 bridgehead atoms. The first-order valence-corrected chi connectivity index (χ1v) is 14.6. The molecule has 2 fully saturated rings. The van der Waals surface area contributed by atoms with Crippen LogP contribution in [0.5, 0.6) is 0 Å². The molecule has 1 aliphatic carbocycles. The van der Waals surface area contributed by atoms with Gasteiger partial charge in [0, 0.05) is 47.3 Å². The van der Waals surface area contributed by atoms with Crippen molar-refractivity contribution in [3.8, 4) is 0 Å². The van der Waals surface area contributed by atoms with Gasteiger partial charge in [0.05, 0.1) is 5.52 Å². The minimum Gasteiger partial charge on any atom is -0.349 e. The summed E-state index contributed by atoms with van der Waals surface area (Å²) in [4.78, 5) is 32.8. The largest absolute Gasteiger partial charge is 0.349 e. The summed E-state index contributed by atoms with van der Waals surface area (Å²) in [5.74, 6) is 1.02. The SMILES string of the molecule is CCCC(=O)c1ccc2c(c1)C1CC[C@@H]2N1CCC1CCC(NC(=O)c2ccc(C)c3ncccc23)CC1. The van der Waals surface area contributed by atoms with Crippen LogP contribution < -0.4 is 5.32 Å². The normalized spacial score (nSPS) is 24.5. The predicted octanol–water partition coefficient (Wildman–Crippen LogP) is 7.10. The van der Waals surface area contributed by atoms with Crippen LogP contribution in [0.2, 0.25) is 0 Å². The van der Waals surface area contributed by atoms with Crippen molar-refractivity contribution in [3.05, 3.63) is 76.5 Å². The second kappa shape index (κ2) is 10.6. The topological polar surface area (TPSA) is 62.3 Å². The Bertz CT molecular complexity index is 1360. The Kier molecular flexibility index (Phi) is 7.05. The Hall–Kier alpha value is -3.05. The summed E-state index contributed by atoms with van der Waals surface area (Å²) in [7, 11) is 0. The summed E-state index contributed by atoms with van der Waals surface area (Å²) >= 11 is 0. The minimum atomic E-state index is 0.0228. The molecule has 2 atom stereocenters. The summed E-state index contributed by atoms with van der Waals surface area (Å²) in [5.41, 5.74) is 6.49. The Morgan fingerprint density at radius 1 is 0.974 bits per heavy atom. The maximum absolute atomic E-state index is 13.1. The van der Waals surface area contributed by atoms with Gasteiger partial charge in [0.1, 0.15) is 0 Å². The summed E-state index contributed by atoms with van der Waals surface area (Å²) in [6.45, 7) is 5.24. The van der Waals surface area contributed by atoms with E-state index in [1.54, 1.807) is 6.20 Å². The number of hydrogen-bond donors (Lipinski definition) is 1. The smallest absolute Gasteiger partial charge is 0.252 e. The van der Waals surface area contributed by atoms with Crippen molar-refractivity contribution in [2.45, 2.75) is 89.8 Å². The zero-order valence-corrected chi connectivity index (χ0v) is 22.7. The van der Waals surface area contributed by atoms with Crippen molar-refractivity contribution >= 4 is 22.6 Å². The highest BCUT2D eigenvalue weighted by Crippen LogP contribution is 2.53. The summed E-state index contributed by atoms with van der Waals surface area (Å²) < 4.78 is 0. The molecule has 3 aromatic rings. The molecule has 1 saturated heterocycles. The number of benzene rings is 2. The van der Waals surface area contributed by atoms with Gasteiger partial charge in [-0.3, -0.25) is 19.5 Å². The Labute approximate surface area is 226 Å². The van der Waals surface area contributed by atoms with Crippen LogP contribution in [-0.4, -0.2) is 34.2 Å². The average Bonchev–Trinajstić information content (AvgIpc) is 3.49. The number of aromatic nitrogens is 1. The molecule has 0 spiro atoms. The monoisotopic (exact) mass is 509 g/mol. The number of nitrogens with one attached hydrogen (secondary N) is 1. The second-order valence-corrected chi connectivity index (χ2v) is 11.7. The fraction of sp³-hybridized carbons (Fsp3) is 0.485. The fourth-order valence-corrected chi connectivity index (χ4v) is 7.26. The molecule has 0 radical (unpaired) electrons. The first kappa shape index (κ1) is 25.2. The first-order chi connectivity index (χ1) is 18.5. The van der Waals surface area contributed by atoms with Gasteiger partial charge in [-0.2, -0.15) is 0 Å². The van der Waals surface area contributed by atoms with Gasteiger partial charge in [-0.1, -0.05) is 31.2 Å². The van der Waals surface area contributed by atoms with Crippen molar-refractivity contribution in [1.29, 1.82) is 0 Å². The predicted molar refractivity (Wildman–Crippen MR) is 151 cm³/mol. The molecule has 198 valence electrons. The summed E-state index contributed by atoms with van der Waals surface area (Å²) in [6, 6.07) is 15.6. The van der Waals surface area contributed by atoms with Crippen molar-refractivity contribution in [2.24, 2.45) is 5.92 Å². The van der Waals surface area contributed by atoms with E-state index in [1.807, 2.05) is 31.2 Å². The number of fused-ring (bicyclic) bond motifs is 6. The Morgan fingerprint density at radius 2 is 1.76 bits per heavy atom. The number of pyridine rings is 1. The lowest BCUT2D eigenvalue weighted by atomic mass is 9.84. The van der Waals surface area contributed by atoms with Crippen LogP contribution >= 0.6 is 0 Å². The number of nitrogens with zero attached hydrogens (tertiary/aromatic N) is 2. The van der Waals surface area contributed by atoms with E-state index < -0.39 is 0 Å². The molecule has 5 heteroatoms. The third kappa shape index (κ3) is 4.66. The molecule has 5 nitrogen and oxygen atoms in total. The highest BCUT2D eigenvalue weighted by atomic mass is 16.1. The van der Waals surface area contributed by atoms with E-state index in [0.29, 0.717) is 18.5 Å². The molecule has 6 rings (SSSR count). The highest BCUT2D eigenvalue weighted by molar-refractivity contribution is 6.07. The second-order valence-electron chi connectivity index (χ2n) is 11.7. The van der Waals surface area contributed by atoms with Gasteiger partial charge in [0.2, 0.25) is 0 Å². The number of carbonyl (C=O) groups is 2. The molecule has 3 aliphatic rings. The molecule has 1 unspecified atom stereocenters. The van der Waals surface area contributed by atoms with E-state index in [-0.39, 0.29) is 17.7 Å². The lowest BCUT2D eigenvalue weighted by molar-refractivity contribution is 0.0919. The summed E-state index contributed by atoms with van der Waals surface area (Å²) in [6.07, 6.45) is 11.4. The maximum atomic E-state index is 13.1. The van der Waals surface area contributed by atoms with E-state index in [4.69, 9.17) is 0 Å². The number of aryl methyl sites for hydroxylation is 1. The van der Waals surface area contributed by atoms with Crippen molar-refractivity contribution in [1.82, 2.24) is 15.2 Å². The molecular formula is C33H39N3O2. The van der Waals surface area contributed by atoms with Crippen LogP contribution in [0.25, 0.3) is 10.9 Å². The molecule has 2 aromatic carbocycles. The average molecular weight is 510 g/mol. The van der Waals surface area contributed by atoms with Crippen molar-refractivity contribution in [2.75, 3.05) is 6.54 Å². The van der Waals surface area contributed by atoms with E-state index in [1.165, 1.54) is 43.2 Å². The maximum Gasteiger partial charge on any atom is 0.252 e. The van der Waals surface area contributed by atoms with Crippen LogP contribution in [0, 0.1) is 12.8 Å². The number of ketones is 1. The zero-order chi connectivity index (χ0) is 26.2. The molecule has 1 aromatic heterocycles. The van der Waals surface area contributed by atoms with Crippen molar-refractivity contribution < 1.29 is 9.59 Å². The molecular weight excluding hydrogens is 470 g/mol. The Balaban J connectivity index is 1.02. The lowest BCUT2D eigenvalue weighted by Gasteiger charge is -2.31. The van der Waals surface area contributed by atoms with Crippen LogP contribution in [0.1, 0.15) is 114 Å². The van der Waals surface area contributed by atoms with Gasteiger partial charge in [-0.25, -0.2) is 0 Å². The van der Waals surface area contributed by atoms with E-state index in [0.717, 1.165) is 59.3 Å². The van der Waals surface area contributed by atoms with Crippen LogP contribution in [0.15, 0.2) is 48.7 Å². The molecule has 38 heavy (non-hydrogen) atoms. The van der Waals surface area contributed by atoms with Crippen LogP contribution in [0.3, 0.4) is 0 Å². The molecule has 3 heterocycles. The zero-order valence-electron chi connectivity index (χ0n) is 22.7. The van der Waals surface area contributed by atoms with Gasteiger partial charge in [-0.05, 0) is 106 Å². The third-order valence-corrected chi connectivity index (χ3v) is 9.31. The molecule has 1 N–H and O–H groups in total. The van der Waals surface area contributed by atoms with Crippen LogP contribution in [-0.2, 0) is 0 Å². The van der Waals surface area contributed by atoms with E-state index >= 15 is 0 Å². The first-order valence-electron chi connectivity index (χ1n) is 14.6. The number of Topliss-reactive ketones (excluding diaryl/α,β-unsaturated/α-hetero) is 1. The highest BCUT2D eigenvalue weighted by Gasteiger charge is 2.43. The van der Waals surface area contributed by atoms with Gasteiger partial charge in [0.15, 0.2) is 5.78 Å². The lowest BCUT2D eigenvalue weighted by Crippen LogP contribution is -2.38. The number of carbonyl (C=O) groups excluding carboxylic acids is 2. The summed E-state index contributed by atoms with van der Waals surface area (Å²) in [5, 5.41) is 4.25. The van der Waals surface area contributed by atoms with E-state index in [9.17, 15) is 9.59 Å². The minimum absolute atomic E-state index is 0.0228. The fourth-order valence-electron chi connectivity index (χ4n) is 7.26. The van der Waals surface area contributed by atoms with Gasteiger partial charge in [-0.15, -0.1) is 0 Å². The molecule has 1 saturated carbocycles. The van der Waals surface area contributed by atoms with Gasteiger partial charge < -0.3 is 5.32 Å². The quantitative estimate of drug-likeness (QED) is 0.329. The standard InChI is InChI=1S/C33H39N3O2/c1-3-5-31(37)23-10-14-25-28(20-23)30-16-15-29(25)36(30)19-17-22-8-11-24(12-9-22)35-33(38)27-13-7-21(2)32-26(27)6-4-18-34-32/h4,6-7,10,13-14,18,20,22,24,29-30H,3,5,8-9,11-12,15-17,19H2,1-2H3,(H,35,38)/t22?,24?,29-,30?/m0/s1. The third-order valence-electron chi connectivity index (χ3n) is 9.31. The van der Waals surface area contributed by atoms with E-state index in [2.05, 4.69) is 40.3 Å². The molecule has 1 amide bonds. The van der Waals surface area contributed by atoms with Gasteiger partial charge >= 0.3 is 0 Å². The van der Waals surface area contributed by atoms with Crippen molar-refractivity contribution in [3.63, 3.8) is 0 Å². The van der Waals surface area contributed by atoms with Gasteiger partial charge in [0.25, 0.3) is 5.91 Å².